The normalized spacial score (nSPS) is 23.3. The Morgan fingerprint density at radius 2 is 1.73 bits per heavy atom. The van der Waals surface area contributed by atoms with Crippen LogP contribution in [0, 0.1) is 5.41 Å². The summed E-state index contributed by atoms with van der Waals surface area (Å²) in [5.41, 5.74) is -0.740. The van der Waals surface area contributed by atoms with Crippen LogP contribution in [0.2, 0.25) is 0 Å². The molecule has 3 rings (SSSR count). The first-order valence-corrected chi connectivity index (χ1v) is 12.6. The average Bonchev–Trinajstić information content (AvgIpc) is 2.71. The van der Waals surface area contributed by atoms with Gasteiger partial charge in [-0.1, -0.05) is 38.5 Å². The number of ether oxygens (including phenoxy) is 1. The van der Waals surface area contributed by atoms with Crippen LogP contribution in [0.3, 0.4) is 0 Å². The van der Waals surface area contributed by atoms with Crippen molar-refractivity contribution in [3.8, 4) is 0 Å². The smallest absolute Gasteiger partial charge is 0.353 e. The monoisotopic (exact) mass is 438 g/mol. The summed E-state index contributed by atoms with van der Waals surface area (Å²) in [6, 6.07) is 8.96. The first kappa shape index (κ1) is 23.3. The molecule has 1 saturated heterocycles. The van der Waals surface area contributed by atoms with E-state index >= 15 is 0 Å². The van der Waals surface area contributed by atoms with E-state index < -0.39 is 24.5 Å². The molecule has 8 heteroatoms. The fraction of sp³-hybridized carbons (Fsp3) is 0.682. The van der Waals surface area contributed by atoms with Gasteiger partial charge in [-0.15, -0.1) is 0 Å². The van der Waals surface area contributed by atoms with Gasteiger partial charge in [-0.25, -0.2) is 4.79 Å². The van der Waals surface area contributed by atoms with Crippen LogP contribution in [0.4, 0.5) is 10.5 Å². The molecule has 2 amide bonds. The lowest BCUT2D eigenvalue weighted by Crippen LogP contribution is -2.68. The largest absolute Gasteiger partial charge is 0.355 e. The molecular weight excluding hydrogens is 403 g/mol. The lowest BCUT2D eigenvalue weighted by Gasteiger charge is -2.58. The molecule has 0 bridgehead atoms. The molecule has 168 valence electrons. The summed E-state index contributed by atoms with van der Waals surface area (Å²) in [6.07, 6.45) is 4.42. The van der Waals surface area contributed by atoms with E-state index in [9.17, 15) is 9.36 Å². The third kappa shape index (κ3) is 4.59. The number of nitrogens with zero attached hydrogens (tertiary/aromatic N) is 1. The highest BCUT2D eigenvalue weighted by Gasteiger charge is 2.61. The summed E-state index contributed by atoms with van der Waals surface area (Å²) in [6.45, 7) is 8.38. The van der Waals surface area contributed by atoms with Crippen LogP contribution < -0.4 is 5.32 Å². The summed E-state index contributed by atoms with van der Waals surface area (Å²) in [4.78, 5) is 15.4. The van der Waals surface area contributed by atoms with Crippen molar-refractivity contribution in [3.63, 3.8) is 0 Å². The minimum Gasteiger partial charge on any atom is -0.355 e. The van der Waals surface area contributed by atoms with Gasteiger partial charge in [0, 0.05) is 11.1 Å². The summed E-state index contributed by atoms with van der Waals surface area (Å²) in [7, 11) is -3.64. The second-order valence-electron chi connectivity index (χ2n) is 8.70. The molecule has 1 aliphatic carbocycles. The van der Waals surface area contributed by atoms with Crippen molar-refractivity contribution < 1.29 is 23.1 Å². The number of nitrogens with one attached hydrogen (secondary N) is 1. The number of benzene rings is 1. The van der Waals surface area contributed by atoms with Gasteiger partial charge in [0.2, 0.25) is 0 Å². The molecule has 2 aliphatic rings. The van der Waals surface area contributed by atoms with Crippen LogP contribution in [0.5, 0.6) is 0 Å². The summed E-state index contributed by atoms with van der Waals surface area (Å²) >= 11 is 0. The molecule has 1 spiro atoms. The Kier molecular flexibility index (Phi) is 7.28. The quantitative estimate of drug-likeness (QED) is 0.566. The Morgan fingerprint density at radius 1 is 1.13 bits per heavy atom. The molecule has 7 nitrogen and oxygen atoms in total. The lowest BCUT2D eigenvalue weighted by molar-refractivity contribution is -0.225. The molecule has 1 saturated carbocycles. The number of hydrogen-bond acceptors (Lipinski definition) is 5. The number of carbonyl (C=O) groups is 1. The van der Waals surface area contributed by atoms with E-state index in [2.05, 4.69) is 5.32 Å². The average molecular weight is 439 g/mol. The topological polar surface area (TPSA) is 77.1 Å². The van der Waals surface area contributed by atoms with Gasteiger partial charge >= 0.3 is 13.6 Å². The molecule has 1 aromatic carbocycles. The van der Waals surface area contributed by atoms with Gasteiger partial charge in [-0.3, -0.25) is 9.46 Å². The van der Waals surface area contributed by atoms with E-state index in [4.69, 9.17) is 13.8 Å². The maximum atomic E-state index is 14.1. The van der Waals surface area contributed by atoms with Crippen molar-refractivity contribution in [2.45, 2.75) is 71.3 Å². The molecule has 1 unspecified atom stereocenters. The fourth-order valence-corrected chi connectivity index (χ4v) is 7.24. The maximum Gasteiger partial charge on any atom is 0.353 e. The number of rotatable bonds is 6. The highest BCUT2D eigenvalue weighted by molar-refractivity contribution is 7.54. The molecule has 2 fully saturated rings. The first-order valence-electron chi connectivity index (χ1n) is 11.0. The molecule has 30 heavy (non-hydrogen) atoms. The van der Waals surface area contributed by atoms with Crippen LogP contribution in [0.25, 0.3) is 0 Å². The number of urea groups is 1. The summed E-state index contributed by atoms with van der Waals surface area (Å²) in [5.74, 6) is -0.750. The summed E-state index contributed by atoms with van der Waals surface area (Å²) in [5, 5.41) is 2.98. The Bertz CT molecular complexity index is 754. The Balaban J connectivity index is 2.07. The van der Waals surface area contributed by atoms with Gasteiger partial charge in [-0.05, 0) is 51.7 Å². The highest BCUT2D eigenvalue weighted by Crippen LogP contribution is 2.63. The first-order chi connectivity index (χ1) is 14.3. The third-order valence-electron chi connectivity index (χ3n) is 5.89. The SMILES string of the molecule is CCOP(=O)(OCC)C1N(C(=O)Nc2ccccc2)C2(CCCCC2)OCC1(C)C. The van der Waals surface area contributed by atoms with Crippen molar-refractivity contribution in [1.82, 2.24) is 4.90 Å². The Morgan fingerprint density at radius 3 is 2.30 bits per heavy atom. The summed E-state index contributed by atoms with van der Waals surface area (Å²) < 4.78 is 32.0. The van der Waals surface area contributed by atoms with Crippen LogP contribution in [0.15, 0.2) is 30.3 Å². The maximum absolute atomic E-state index is 14.1. The van der Waals surface area contributed by atoms with Crippen molar-refractivity contribution in [2.24, 2.45) is 5.41 Å². The zero-order valence-corrected chi connectivity index (χ0v) is 19.5. The Hall–Kier alpha value is -1.40. The zero-order chi connectivity index (χ0) is 21.8. The van der Waals surface area contributed by atoms with Crippen molar-refractivity contribution in [3.05, 3.63) is 30.3 Å². The van der Waals surface area contributed by atoms with Crippen molar-refractivity contribution in [1.29, 1.82) is 0 Å². The second kappa shape index (κ2) is 9.39. The molecule has 1 N–H and O–H groups in total. The van der Waals surface area contributed by atoms with E-state index in [0.717, 1.165) is 19.3 Å². The highest BCUT2D eigenvalue weighted by atomic mass is 31.2. The predicted octanol–water partition coefficient (Wildman–Crippen LogP) is 5.83. The molecule has 0 aromatic heterocycles. The number of carbonyl (C=O) groups excluding carboxylic acids is 1. The molecule has 1 heterocycles. The van der Waals surface area contributed by atoms with E-state index in [1.807, 2.05) is 44.2 Å². The van der Waals surface area contributed by atoms with E-state index in [-0.39, 0.29) is 19.2 Å². The number of para-hydroxylation sites is 1. The van der Waals surface area contributed by atoms with Crippen LogP contribution >= 0.6 is 7.60 Å². The zero-order valence-electron chi connectivity index (χ0n) is 18.6. The molecule has 1 aliphatic heterocycles. The van der Waals surface area contributed by atoms with Crippen LogP contribution in [0.1, 0.15) is 59.8 Å². The van der Waals surface area contributed by atoms with Crippen molar-refractivity contribution >= 4 is 19.3 Å². The number of hydrogen-bond donors (Lipinski definition) is 1. The molecule has 0 radical (unpaired) electrons. The van der Waals surface area contributed by atoms with Crippen LogP contribution in [-0.2, 0) is 18.3 Å². The van der Waals surface area contributed by atoms with Gasteiger partial charge in [0.15, 0.2) is 0 Å². The third-order valence-corrected chi connectivity index (χ3v) is 8.66. The van der Waals surface area contributed by atoms with Gasteiger partial charge < -0.3 is 19.1 Å². The lowest BCUT2D eigenvalue weighted by atomic mass is 9.84. The second-order valence-corrected chi connectivity index (χ2v) is 10.8. The minimum absolute atomic E-state index is 0.242. The van der Waals surface area contributed by atoms with Crippen LogP contribution in [-0.4, -0.2) is 42.3 Å². The van der Waals surface area contributed by atoms with E-state index in [0.29, 0.717) is 25.1 Å². The predicted molar refractivity (Wildman–Crippen MR) is 117 cm³/mol. The van der Waals surface area contributed by atoms with Gasteiger partial charge in [-0.2, -0.15) is 0 Å². The fourth-order valence-electron chi connectivity index (χ4n) is 4.64. The van der Waals surface area contributed by atoms with Crippen molar-refractivity contribution in [2.75, 3.05) is 25.1 Å². The van der Waals surface area contributed by atoms with Gasteiger partial charge in [0.05, 0.1) is 19.8 Å². The molecule has 1 aromatic rings. The molecular formula is C22H35N2O5P. The van der Waals surface area contributed by atoms with E-state index in [1.165, 1.54) is 0 Å². The van der Waals surface area contributed by atoms with Gasteiger partial charge in [0.25, 0.3) is 0 Å². The minimum atomic E-state index is -3.64. The number of anilines is 1. The molecule has 1 atom stereocenters. The number of amides is 2. The van der Waals surface area contributed by atoms with E-state index in [1.54, 1.807) is 18.7 Å². The Labute approximate surface area is 180 Å². The standard InChI is InChI=1S/C22H35N2O5P/c1-5-28-30(26,29-6-2)19-21(3,4)17-27-22(15-11-8-12-16-22)24(19)20(25)23-18-13-9-7-10-14-18/h7,9-10,13-14,19H,5-6,8,11-12,15-17H2,1-4H3,(H,23,25). The van der Waals surface area contributed by atoms with Gasteiger partial charge in [0.1, 0.15) is 11.5 Å².